The number of amides is 4. The van der Waals surface area contributed by atoms with E-state index >= 15 is 0 Å². The molecule has 0 aliphatic carbocycles. The number of hydrogen-bond donors (Lipinski definition) is 2. The SMILES string of the molecule is [2H]N1C(=O)C([2H])([2H])C[C@@]([2H])(N2C(=O)c3ccc(C([2H])([2H])N([2H])C(=O)C(F)(F)c4ccc(Cl)cc4)cc3C2([2H])[2H])C1=O. The fourth-order valence-corrected chi connectivity index (χ4v) is 3.07. The molecule has 32 heavy (non-hydrogen) atoms. The maximum absolute atomic E-state index is 14.9. The zero-order valence-electron chi connectivity index (χ0n) is 24.9. The Morgan fingerprint density at radius 1 is 1.34 bits per heavy atom. The third-order valence-corrected chi connectivity index (χ3v) is 4.83. The summed E-state index contributed by atoms with van der Waals surface area (Å²) in [5, 5.41) is -1.05. The van der Waals surface area contributed by atoms with Crippen LogP contribution in [0.5, 0.6) is 0 Å². The molecule has 10 heteroatoms. The van der Waals surface area contributed by atoms with Gasteiger partial charge in [-0.25, -0.2) is 0 Å². The van der Waals surface area contributed by atoms with Gasteiger partial charge in [-0.2, -0.15) is 8.78 Å². The topological polar surface area (TPSA) is 95.6 Å². The van der Waals surface area contributed by atoms with E-state index in [1.165, 1.54) is 0 Å². The Kier molecular flexibility index (Phi) is 3.45. The summed E-state index contributed by atoms with van der Waals surface area (Å²) in [7, 11) is 0. The first-order valence-corrected chi connectivity index (χ1v) is 9.34. The zero-order chi connectivity index (χ0) is 31.1. The van der Waals surface area contributed by atoms with E-state index in [0.717, 1.165) is 36.4 Å². The van der Waals surface area contributed by atoms with Crippen molar-refractivity contribution in [2.75, 3.05) is 0 Å². The molecule has 0 aromatic heterocycles. The van der Waals surface area contributed by atoms with E-state index in [0.29, 0.717) is 6.07 Å². The van der Waals surface area contributed by atoms with Gasteiger partial charge in [0.25, 0.3) is 11.8 Å². The molecule has 2 aliphatic heterocycles. The second kappa shape index (κ2) is 8.31. The van der Waals surface area contributed by atoms with E-state index in [-0.39, 0.29) is 9.92 Å². The summed E-state index contributed by atoms with van der Waals surface area (Å²) in [4.78, 5) is 50.5. The lowest BCUT2D eigenvalue weighted by Crippen LogP contribution is -2.52. The van der Waals surface area contributed by atoms with Crippen molar-refractivity contribution < 1.29 is 40.4 Å². The molecule has 0 radical (unpaired) electrons. The van der Waals surface area contributed by atoms with Crippen molar-refractivity contribution in [1.82, 2.24) is 15.5 Å². The van der Waals surface area contributed by atoms with Gasteiger partial charge in [0.05, 0.1) is 6.85 Å². The van der Waals surface area contributed by atoms with Crippen LogP contribution in [0.25, 0.3) is 0 Å². The summed E-state index contributed by atoms with van der Waals surface area (Å²) < 4.78 is 103. The minimum Gasteiger partial charge on any atom is -0.346 e. The van der Waals surface area contributed by atoms with Crippen LogP contribution < -0.4 is 10.6 Å². The lowest BCUT2D eigenvalue weighted by molar-refractivity contribution is -0.147. The lowest BCUT2D eigenvalue weighted by Gasteiger charge is -2.29. The van der Waals surface area contributed by atoms with Gasteiger partial charge in [0, 0.05) is 38.3 Å². The first-order chi connectivity index (χ1) is 18.6. The summed E-state index contributed by atoms with van der Waals surface area (Å²) in [6.07, 6.45) is -4.33. The van der Waals surface area contributed by atoms with Gasteiger partial charge >= 0.3 is 5.92 Å². The summed E-state index contributed by atoms with van der Waals surface area (Å²) in [6.45, 7) is -6.49. The molecule has 7 nitrogen and oxygen atoms in total. The average molecular weight is 471 g/mol. The van der Waals surface area contributed by atoms with Gasteiger partial charge in [-0.1, -0.05) is 35.9 Å². The van der Waals surface area contributed by atoms with Crippen molar-refractivity contribution in [2.24, 2.45) is 0 Å². The van der Waals surface area contributed by atoms with Crippen LogP contribution in [0, 0.1) is 0 Å². The summed E-state index contributed by atoms with van der Waals surface area (Å²) in [5.74, 6) is -11.3. The zero-order valence-corrected chi connectivity index (χ0v) is 16.6. The molecule has 4 rings (SSSR count). The van der Waals surface area contributed by atoms with Crippen LogP contribution in [0.3, 0.4) is 0 Å². The Morgan fingerprint density at radius 3 is 2.78 bits per heavy atom. The molecule has 2 aliphatic rings. The van der Waals surface area contributed by atoms with Crippen molar-refractivity contribution in [3.05, 3.63) is 69.7 Å². The number of benzene rings is 2. The number of piperidine rings is 1. The molecule has 2 aromatic rings. The van der Waals surface area contributed by atoms with Crippen molar-refractivity contribution in [2.45, 2.75) is 37.7 Å². The quantitative estimate of drug-likeness (QED) is 0.656. The maximum atomic E-state index is 14.9. The molecule has 1 fully saturated rings. The molecule has 4 amide bonds. The summed E-state index contributed by atoms with van der Waals surface area (Å²) in [5.41, 5.74) is -2.84. The predicted molar refractivity (Wildman–Crippen MR) is 110 cm³/mol. The fourth-order valence-electron chi connectivity index (χ4n) is 2.95. The van der Waals surface area contributed by atoms with Gasteiger partial charge in [0.15, 0.2) is 2.82 Å². The van der Waals surface area contributed by atoms with Crippen LogP contribution in [0.2, 0.25) is 7.85 Å². The van der Waals surface area contributed by atoms with Gasteiger partial charge in [0.1, 0.15) is 6.02 Å². The third-order valence-electron chi connectivity index (χ3n) is 4.57. The van der Waals surface area contributed by atoms with Gasteiger partial charge in [-0.3, -0.25) is 24.5 Å². The molecule has 1 atom stereocenters. The highest BCUT2D eigenvalue weighted by molar-refractivity contribution is 6.30. The number of halogens is 3. The van der Waals surface area contributed by atoms with E-state index in [9.17, 15) is 28.0 Å². The Hall–Kier alpha value is -3.33. The molecule has 0 spiro atoms. The van der Waals surface area contributed by atoms with E-state index in [1.807, 2.05) is 0 Å². The first kappa shape index (κ1) is 13.3. The minimum atomic E-state index is -4.38. The molecule has 0 bridgehead atoms. The number of fused-ring (bicyclic) bond motifs is 1. The molecule has 0 saturated carbocycles. The smallest absolute Gasteiger partial charge is 0.346 e. The van der Waals surface area contributed by atoms with Crippen LogP contribution >= 0.6 is 11.6 Å². The predicted octanol–water partition coefficient (Wildman–Crippen LogP) is 2.51. The van der Waals surface area contributed by atoms with Crippen LogP contribution in [-0.4, -0.2) is 34.5 Å². The molecule has 166 valence electrons. The summed E-state index contributed by atoms with van der Waals surface area (Å²) in [6, 6.07) is 2.90. The van der Waals surface area contributed by atoms with E-state index < -0.39 is 94.2 Å². The minimum absolute atomic E-state index is 0.0104. The monoisotopic (exact) mass is 470 g/mol. The highest BCUT2D eigenvalue weighted by atomic mass is 35.5. The second-order valence-electron chi connectivity index (χ2n) is 6.65. The van der Waals surface area contributed by atoms with Crippen molar-refractivity contribution in [3.8, 4) is 0 Å². The van der Waals surface area contributed by atoms with Gasteiger partial charge in [-0.05, 0) is 35.7 Å². The van der Waals surface area contributed by atoms with Gasteiger partial charge in [-0.15, -0.1) is 0 Å². The van der Waals surface area contributed by atoms with E-state index in [1.54, 1.807) is 0 Å². The number of carbonyl (C=O) groups is 4. The molecule has 2 heterocycles. The average Bonchev–Trinajstić information content (AvgIpc) is 3.10. The summed E-state index contributed by atoms with van der Waals surface area (Å²) >= 11 is 5.67. The molecule has 2 aromatic carbocycles. The van der Waals surface area contributed by atoms with Crippen LogP contribution in [-0.2, 0) is 33.3 Å². The van der Waals surface area contributed by atoms with Crippen molar-refractivity contribution in [1.29, 1.82) is 0 Å². The maximum Gasteiger partial charge on any atom is 0.349 e. The third kappa shape index (κ3) is 4.08. The van der Waals surface area contributed by atoms with Gasteiger partial charge < -0.3 is 10.2 Å². The first-order valence-electron chi connectivity index (χ1n) is 13.4. The number of nitrogens with zero attached hydrogens (tertiary/aromatic N) is 1. The lowest BCUT2D eigenvalue weighted by atomic mass is 10.0. The number of imide groups is 1. The highest BCUT2D eigenvalue weighted by Crippen LogP contribution is 2.30. The van der Waals surface area contributed by atoms with Crippen LogP contribution in [0.1, 0.15) is 49.4 Å². The normalized spacial score (nSPS) is 28.7. The molecule has 0 unspecified atom stereocenters. The largest absolute Gasteiger partial charge is 0.349 e. The highest BCUT2D eigenvalue weighted by Gasteiger charge is 2.41. The second-order valence-corrected chi connectivity index (χ2v) is 7.08. The number of rotatable bonds is 5. The number of hydrogen-bond acceptors (Lipinski definition) is 4. The number of alkyl halides is 2. The van der Waals surface area contributed by atoms with E-state index in [2.05, 4.69) is 0 Å². The van der Waals surface area contributed by atoms with E-state index in [4.69, 9.17) is 24.0 Å². The Morgan fingerprint density at radius 2 is 2.06 bits per heavy atom. The molecule has 2 N–H and O–H groups in total. The molecular weight excluding hydrogens is 444 g/mol. The number of nitrogens with one attached hydrogen (secondary N) is 2. The van der Waals surface area contributed by atoms with Crippen molar-refractivity contribution >= 4 is 35.2 Å². The number of carbonyl (C=O) groups excluding carboxylic acids is 4. The van der Waals surface area contributed by atoms with Gasteiger partial charge in [0.2, 0.25) is 11.8 Å². The van der Waals surface area contributed by atoms with Crippen LogP contribution in [0.4, 0.5) is 8.78 Å². The Balaban J connectivity index is 1.73. The Bertz CT molecular complexity index is 1500. The van der Waals surface area contributed by atoms with Crippen molar-refractivity contribution in [3.63, 3.8) is 0 Å². The van der Waals surface area contributed by atoms with Crippen LogP contribution in [0.15, 0.2) is 42.5 Å². The molecular formula is C22H18ClF2N3O4. The Labute approximate surface area is 199 Å². The molecule has 1 saturated heterocycles. The standard InChI is InChI=1S/C22H18ClF2N3O4/c23-15-4-2-14(3-5-15)22(24,25)21(32)26-10-12-1-6-16-13(9-12)11-28(20(16)31)17-7-8-18(29)27-19(17)30/h1-6,9,17H,7-8,10-11H2,(H,26,32)(H,27,29,30)/t17-/m1/s1/i8D2,10D2,11D2,17D/hD2. The fraction of sp³-hybridized carbons (Fsp3) is 0.273.